The molecule has 2 atom stereocenters. The Morgan fingerprint density at radius 2 is 1.97 bits per heavy atom. The summed E-state index contributed by atoms with van der Waals surface area (Å²) in [6, 6.07) is 6.19. The first-order valence-corrected chi connectivity index (χ1v) is 13.4. The van der Waals surface area contributed by atoms with Gasteiger partial charge in [-0.1, -0.05) is 11.6 Å². The minimum absolute atomic E-state index is 0.0485. The summed E-state index contributed by atoms with van der Waals surface area (Å²) in [5.74, 6) is 0.697. The van der Waals surface area contributed by atoms with Crippen LogP contribution in [0.3, 0.4) is 0 Å². The number of sulfonamides is 1. The van der Waals surface area contributed by atoms with Gasteiger partial charge in [-0.15, -0.1) is 0 Å². The molecule has 3 heterocycles. The Balaban J connectivity index is 1.46. The number of aromatic nitrogens is 2. The summed E-state index contributed by atoms with van der Waals surface area (Å²) in [7, 11) is 0.396. The molecule has 186 valence electrons. The molecule has 11 heteroatoms. The van der Waals surface area contributed by atoms with Crippen LogP contribution in [0.5, 0.6) is 0 Å². The summed E-state index contributed by atoms with van der Waals surface area (Å²) in [6.07, 6.45) is 4.47. The fourth-order valence-electron chi connectivity index (χ4n) is 4.55. The van der Waals surface area contributed by atoms with E-state index in [1.165, 1.54) is 27.3 Å². The zero-order valence-corrected chi connectivity index (χ0v) is 21.2. The lowest BCUT2D eigenvalue weighted by molar-refractivity contribution is 0.0595. The number of ether oxygens (including phenoxy) is 1. The van der Waals surface area contributed by atoms with Crippen LogP contribution in [0, 0.1) is 11.8 Å². The molecule has 0 saturated carbocycles. The third-order valence-corrected chi connectivity index (χ3v) is 8.59. The van der Waals surface area contributed by atoms with Crippen LogP contribution in [-0.4, -0.2) is 80.9 Å². The molecule has 2 aliphatic heterocycles. The Labute approximate surface area is 205 Å². The van der Waals surface area contributed by atoms with Crippen LogP contribution in [-0.2, 0) is 14.8 Å². The maximum Gasteiger partial charge on any atom is 0.292 e. The van der Waals surface area contributed by atoms with Gasteiger partial charge in [-0.05, 0) is 69.5 Å². The van der Waals surface area contributed by atoms with Crippen LogP contribution in [0.2, 0.25) is 5.02 Å². The van der Waals surface area contributed by atoms with Crippen LogP contribution in [0.25, 0.3) is 5.69 Å². The fraction of sp³-hybridized carbons (Fsp3) is 0.565. The Morgan fingerprint density at radius 1 is 1.21 bits per heavy atom. The molecule has 1 aromatic carbocycles. The van der Waals surface area contributed by atoms with Crippen LogP contribution in [0.4, 0.5) is 5.69 Å². The predicted octanol–water partition coefficient (Wildman–Crippen LogP) is 2.30. The number of benzene rings is 1. The Morgan fingerprint density at radius 3 is 2.65 bits per heavy atom. The smallest absolute Gasteiger partial charge is 0.292 e. The summed E-state index contributed by atoms with van der Waals surface area (Å²) in [4.78, 5) is 15.1. The highest BCUT2D eigenvalue weighted by molar-refractivity contribution is 7.89. The van der Waals surface area contributed by atoms with Gasteiger partial charge in [-0.2, -0.15) is 14.1 Å². The van der Waals surface area contributed by atoms with Crippen molar-refractivity contribution in [3.63, 3.8) is 0 Å². The topological polar surface area (TPSA) is 96.8 Å². The molecule has 1 N–H and O–H groups in total. The van der Waals surface area contributed by atoms with E-state index in [9.17, 15) is 13.2 Å². The summed E-state index contributed by atoms with van der Waals surface area (Å²) < 4.78 is 34.3. The number of halogens is 1. The lowest BCUT2D eigenvalue weighted by Gasteiger charge is -2.22. The lowest BCUT2D eigenvalue weighted by atomic mass is 10.0. The van der Waals surface area contributed by atoms with Gasteiger partial charge in [-0.25, -0.2) is 8.42 Å². The van der Waals surface area contributed by atoms with Gasteiger partial charge in [0, 0.05) is 32.8 Å². The molecule has 0 bridgehead atoms. The normalized spacial score (nSPS) is 21.8. The molecular weight excluding hydrogens is 478 g/mol. The summed E-state index contributed by atoms with van der Waals surface area (Å²) in [6.45, 7) is 4.03. The lowest BCUT2D eigenvalue weighted by Crippen LogP contribution is -2.31. The molecule has 4 rings (SSSR count). The first kappa shape index (κ1) is 25.1. The molecule has 1 unspecified atom stereocenters. The summed E-state index contributed by atoms with van der Waals surface area (Å²) in [5, 5.41) is 7.49. The number of hydrogen-bond acceptors (Lipinski definition) is 7. The maximum atomic E-state index is 13.1. The van der Waals surface area contributed by atoms with Crippen molar-refractivity contribution in [1.82, 2.24) is 19.0 Å². The first-order chi connectivity index (χ1) is 16.3. The van der Waals surface area contributed by atoms with Crippen molar-refractivity contribution in [1.29, 1.82) is 0 Å². The second-order valence-corrected chi connectivity index (χ2v) is 11.6. The van der Waals surface area contributed by atoms with Gasteiger partial charge >= 0.3 is 0 Å². The van der Waals surface area contributed by atoms with E-state index in [1.807, 2.05) is 14.1 Å². The highest BCUT2D eigenvalue weighted by Crippen LogP contribution is 2.25. The third-order valence-electron chi connectivity index (χ3n) is 6.35. The largest absolute Gasteiger partial charge is 0.382 e. The van der Waals surface area contributed by atoms with E-state index in [4.69, 9.17) is 16.3 Å². The number of nitrogens with zero attached hydrogens (tertiary/aromatic N) is 4. The summed E-state index contributed by atoms with van der Waals surface area (Å²) in [5.41, 5.74) is 0.465. The monoisotopic (exact) mass is 509 g/mol. The molecule has 2 fully saturated rings. The van der Waals surface area contributed by atoms with Gasteiger partial charge in [0.2, 0.25) is 10.0 Å². The van der Waals surface area contributed by atoms with E-state index in [2.05, 4.69) is 15.3 Å². The Kier molecular flexibility index (Phi) is 7.94. The van der Waals surface area contributed by atoms with Gasteiger partial charge in [0.25, 0.3) is 5.56 Å². The Hall–Kier alpha value is -1.98. The molecule has 0 radical (unpaired) electrons. The van der Waals surface area contributed by atoms with Crippen LogP contribution >= 0.6 is 11.6 Å². The fourth-order valence-corrected chi connectivity index (χ4v) is 6.28. The third kappa shape index (κ3) is 5.63. The van der Waals surface area contributed by atoms with E-state index in [-0.39, 0.29) is 9.92 Å². The van der Waals surface area contributed by atoms with Crippen molar-refractivity contribution in [2.24, 2.45) is 11.8 Å². The van der Waals surface area contributed by atoms with Crippen molar-refractivity contribution < 1.29 is 13.2 Å². The van der Waals surface area contributed by atoms with Crippen molar-refractivity contribution in [3.8, 4) is 5.69 Å². The molecule has 2 aromatic rings. The van der Waals surface area contributed by atoms with E-state index in [1.54, 1.807) is 12.1 Å². The molecular formula is C23H32ClN5O4S. The van der Waals surface area contributed by atoms with Crippen molar-refractivity contribution in [2.75, 3.05) is 58.8 Å². The van der Waals surface area contributed by atoms with Crippen LogP contribution < -0.4 is 10.9 Å². The van der Waals surface area contributed by atoms with Gasteiger partial charge in [0.1, 0.15) is 5.02 Å². The zero-order chi connectivity index (χ0) is 24.3. The number of anilines is 1. The van der Waals surface area contributed by atoms with Crippen LogP contribution in [0.1, 0.15) is 19.3 Å². The van der Waals surface area contributed by atoms with Crippen LogP contribution in [0.15, 0.2) is 40.2 Å². The molecule has 0 amide bonds. The molecule has 9 nitrogen and oxygen atoms in total. The molecule has 34 heavy (non-hydrogen) atoms. The Bertz CT molecular complexity index is 1150. The van der Waals surface area contributed by atoms with E-state index in [0.717, 1.165) is 32.4 Å². The second kappa shape index (κ2) is 10.7. The number of nitrogens with one attached hydrogen (secondary N) is 1. The molecule has 0 aliphatic carbocycles. The van der Waals surface area contributed by atoms with Crippen molar-refractivity contribution in [3.05, 3.63) is 45.8 Å². The predicted molar refractivity (Wildman–Crippen MR) is 132 cm³/mol. The number of rotatable bonds is 8. The maximum absolute atomic E-state index is 13.1. The molecule has 1 aromatic heterocycles. The average molecular weight is 510 g/mol. The SMILES string of the molecule is CN(C)CC1CCN(S(=O)(=O)c2ccc(-n3ncc(NC[C@H]4CCCOC4)c(Cl)c3=O)cc2)C1. The molecule has 2 saturated heterocycles. The second-order valence-electron chi connectivity index (χ2n) is 9.33. The van der Waals surface area contributed by atoms with E-state index >= 15 is 0 Å². The standard InChI is InChI=1S/C23H32ClN5O4S/c1-27(2)14-18-9-10-28(15-18)34(31,32)20-7-5-19(6-8-20)29-23(30)22(24)21(13-26-29)25-12-17-4-3-11-33-16-17/h5-8,13,17-18,25H,3-4,9-12,14-16H2,1-2H3/t17-,18?/m1/s1. The number of hydrogen-bond donors (Lipinski definition) is 1. The minimum Gasteiger partial charge on any atom is -0.382 e. The van der Waals surface area contributed by atoms with Crippen molar-refractivity contribution in [2.45, 2.75) is 24.2 Å². The highest BCUT2D eigenvalue weighted by atomic mass is 35.5. The average Bonchev–Trinajstić information content (AvgIpc) is 3.29. The first-order valence-electron chi connectivity index (χ1n) is 11.6. The highest BCUT2D eigenvalue weighted by Gasteiger charge is 2.32. The molecule has 2 aliphatic rings. The van der Waals surface area contributed by atoms with Gasteiger partial charge in [-0.3, -0.25) is 4.79 Å². The quantitative estimate of drug-likeness (QED) is 0.583. The van der Waals surface area contributed by atoms with E-state index in [0.29, 0.717) is 49.5 Å². The zero-order valence-electron chi connectivity index (χ0n) is 19.6. The molecule has 0 spiro atoms. The minimum atomic E-state index is -3.59. The van der Waals surface area contributed by atoms with Gasteiger partial charge in [0.05, 0.1) is 29.1 Å². The van der Waals surface area contributed by atoms with Gasteiger partial charge in [0.15, 0.2) is 0 Å². The summed E-state index contributed by atoms with van der Waals surface area (Å²) >= 11 is 6.33. The van der Waals surface area contributed by atoms with E-state index < -0.39 is 15.6 Å². The van der Waals surface area contributed by atoms with Crippen molar-refractivity contribution >= 4 is 27.3 Å². The van der Waals surface area contributed by atoms with Gasteiger partial charge < -0.3 is 15.0 Å².